The third-order valence-corrected chi connectivity index (χ3v) is 4.03. The highest BCUT2D eigenvalue weighted by Crippen LogP contribution is 2.18. The molecule has 0 unspecified atom stereocenters. The number of nitrogens with zero attached hydrogens (tertiary/aromatic N) is 5. The molecule has 0 saturated heterocycles. The van der Waals surface area contributed by atoms with Crippen LogP contribution >= 0.6 is 11.8 Å². The molecule has 0 bridgehead atoms. The molecule has 1 aliphatic rings. The van der Waals surface area contributed by atoms with Crippen LogP contribution in [0.1, 0.15) is 0 Å². The first-order valence-corrected chi connectivity index (χ1v) is 8.24. The second-order valence-electron chi connectivity index (χ2n) is 4.93. The number of hydrogen-bond acceptors (Lipinski definition) is 9. The summed E-state index contributed by atoms with van der Waals surface area (Å²) in [5.41, 5.74) is 4.30. The predicted octanol–water partition coefficient (Wildman–Crippen LogP) is 0.980. The Morgan fingerprint density at radius 1 is 1.29 bits per heavy atom. The van der Waals surface area contributed by atoms with Crippen molar-refractivity contribution in [3.05, 3.63) is 36.7 Å². The molecule has 0 radical (unpaired) electrons. The van der Waals surface area contributed by atoms with Gasteiger partial charge in [-0.3, -0.25) is 15.2 Å². The van der Waals surface area contributed by atoms with Crippen LogP contribution in [0.2, 0.25) is 0 Å². The fourth-order valence-corrected chi connectivity index (χ4v) is 2.56. The van der Waals surface area contributed by atoms with Crippen molar-refractivity contribution in [3.8, 4) is 11.4 Å². The zero-order valence-electron chi connectivity index (χ0n) is 13.0. The summed E-state index contributed by atoms with van der Waals surface area (Å²) in [6.45, 7) is 0.771. The topological polar surface area (TPSA) is 92.6 Å². The number of carbonyl (C=O) groups excluding carboxylic acids is 1. The van der Waals surface area contributed by atoms with Crippen LogP contribution < -0.4 is 5.43 Å². The van der Waals surface area contributed by atoms with E-state index in [1.165, 1.54) is 11.8 Å². The molecule has 9 heteroatoms. The number of amidine groups is 1. The molecule has 0 fully saturated rings. The lowest BCUT2D eigenvalue weighted by atomic mass is 10.3. The van der Waals surface area contributed by atoms with Crippen molar-refractivity contribution < 1.29 is 9.53 Å². The standard InChI is InChI=1S/C15H16N6O2S/c1-21-10-18-20-13(21)8-23-14(22)9-24-15-17-7-5-12(19-15)11-4-2-3-6-16-11/h2-7,18H,8-10H2,1H3. The van der Waals surface area contributed by atoms with Crippen LogP contribution in [0.3, 0.4) is 0 Å². The van der Waals surface area contributed by atoms with E-state index in [1.54, 1.807) is 18.5 Å². The first-order valence-electron chi connectivity index (χ1n) is 7.26. The van der Waals surface area contributed by atoms with Crippen LogP contribution in [0.15, 0.2) is 46.9 Å². The van der Waals surface area contributed by atoms with Gasteiger partial charge >= 0.3 is 5.97 Å². The summed E-state index contributed by atoms with van der Waals surface area (Å²) in [6.07, 6.45) is 3.36. The lowest BCUT2D eigenvalue weighted by molar-refractivity contribution is -0.138. The molecule has 0 aliphatic carbocycles. The highest BCUT2D eigenvalue weighted by atomic mass is 32.2. The Morgan fingerprint density at radius 2 is 2.21 bits per heavy atom. The van der Waals surface area contributed by atoms with E-state index in [2.05, 4.69) is 25.5 Å². The van der Waals surface area contributed by atoms with Crippen molar-refractivity contribution in [1.29, 1.82) is 0 Å². The third kappa shape index (κ3) is 4.19. The van der Waals surface area contributed by atoms with E-state index in [0.717, 1.165) is 11.4 Å². The highest BCUT2D eigenvalue weighted by Gasteiger charge is 2.15. The summed E-state index contributed by atoms with van der Waals surface area (Å²) in [6, 6.07) is 7.40. The molecule has 24 heavy (non-hydrogen) atoms. The van der Waals surface area contributed by atoms with Crippen molar-refractivity contribution >= 4 is 23.6 Å². The molecule has 0 aromatic carbocycles. The number of ether oxygens (including phenoxy) is 1. The Kier molecular flexibility index (Phi) is 5.22. The number of thioether (sulfide) groups is 1. The van der Waals surface area contributed by atoms with Gasteiger partial charge in [0.05, 0.1) is 17.1 Å². The maximum Gasteiger partial charge on any atom is 0.316 e. The minimum Gasteiger partial charge on any atom is -0.457 e. The van der Waals surface area contributed by atoms with Crippen molar-refractivity contribution in [2.24, 2.45) is 5.10 Å². The number of esters is 1. The second-order valence-corrected chi connectivity index (χ2v) is 5.87. The molecule has 0 atom stereocenters. The Labute approximate surface area is 143 Å². The smallest absolute Gasteiger partial charge is 0.316 e. The number of hydrogen-bond donors (Lipinski definition) is 1. The van der Waals surface area contributed by atoms with E-state index in [1.807, 2.05) is 30.1 Å². The molecule has 124 valence electrons. The van der Waals surface area contributed by atoms with Gasteiger partial charge in [-0.1, -0.05) is 17.8 Å². The number of hydrazone groups is 1. The number of aromatic nitrogens is 3. The Bertz CT molecular complexity index is 740. The average Bonchev–Trinajstić information content (AvgIpc) is 3.04. The lowest BCUT2D eigenvalue weighted by Crippen LogP contribution is -2.29. The highest BCUT2D eigenvalue weighted by molar-refractivity contribution is 7.99. The normalized spacial score (nSPS) is 13.4. The summed E-state index contributed by atoms with van der Waals surface area (Å²) in [7, 11) is 1.87. The first-order chi connectivity index (χ1) is 11.7. The summed E-state index contributed by atoms with van der Waals surface area (Å²) in [4.78, 5) is 26.5. The van der Waals surface area contributed by atoms with Gasteiger partial charge in [0.1, 0.15) is 6.67 Å². The molecule has 2 aromatic heterocycles. The van der Waals surface area contributed by atoms with Crippen molar-refractivity contribution in [2.75, 3.05) is 26.1 Å². The maximum atomic E-state index is 11.8. The van der Waals surface area contributed by atoms with Gasteiger partial charge in [0.25, 0.3) is 0 Å². The predicted molar refractivity (Wildman–Crippen MR) is 90.1 cm³/mol. The fourth-order valence-electron chi connectivity index (χ4n) is 1.93. The molecular formula is C15H16N6O2S. The molecule has 2 aromatic rings. The molecule has 3 heterocycles. The molecule has 0 amide bonds. The average molecular weight is 344 g/mol. The number of rotatable bonds is 6. The van der Waals surface area contributed by atoms with Gasteiger partial charge in [-0.25, -0.2) is 9.97 Å². The fraction of sp³-hybridized carbons (Fsp3) is 0.267. The molecular weight excluding hydrogens is 328 g/mol. The summed E-state index contributed by atoms with van der Waals surface area (Å²) in [5, 5.41) is 4.54. The Hall–Kier alpha value is -2.68. The minimum atomic E-state index is -0.338. The van der Waals surface area contributed by atoms with Crippen molar-refractivity contribution in [2.45, 2.75) is 5.16 Å². The van der Waals surface area contributed by atoms with Gasteiger partial charge in [-0.2, -0.15) is 5.10 Å². The monoisotopic (exact) mass is 344 g/mol. The van der Waals surface area contributed by atoms with Crippen molar-refractivity contribution in [3.63, 3.8) is 0 Å². The van der Waals surface area contributed by atoms with Crippen LogP contribution in [-0.2, 0) is 9.53 Å². The van der Waals surface area contributed by atoms with Gasteiger partial charge in [-0.05, 0) is 18.2 Å². The third-order valence-electron chi connectivity index (χ3n) is 3.20. The van der Waals surface area contributed by atoms with Gasteiger partial charge in [0, 0.05) is 19.4 Å². The van der Waals surface area contributed by atoms with Crippen LogP contribution in [0.4, 0.5) is 0 Å². The number of nitrogens with one attached hydrogen (secondary N) is 1. The molecule has 1 N–H and O–H groups in total. The van der Waals surface area contributed by atoms with Gasteiger partial charge in [0.15, 0.2) is 17.6 Å². The number of carbonyl (C=O) groups is 1. The van der Waals surface area contributed by atoms with Crippen molar-refractivity contribution in [1.82, 2.24) is 25.3 Å². The largest absolute Gasteiger partial charge is 0.457 e. The Morgan fingerprint density at radius 3 is 2.96 bits per heavy atom. The quantitative estimate of drug-likeness (QED) is 0.471. The van der Waals surface area contributed by atoms with E-state index in [-0.39, 0.29) is 18.3 Å². The van der Waals surface area contributed by atoms with E-state index in [9.17, 15) is 4.79 Å². The lowest BCUT2D eigenvalue weighted by Gasteiger charge is -2.11. The summed E-state index contributed by atoms with van der Waals surface area (Å²) < 4.78 is 5.19. The molecule has 0 saturated carbocycles. The molecule has 1 aliphatic heterocycles. The molecule has 8 nitrogen and oxygen atoms in total. The van der Waals surface area contributed by atoms with Gasteiger partial charge in [0.2, 0.25) is 0 Å². The molecule has 3 rings (SSSR count). The first kappa shape index (κ1) is 16.2. The maximum absolute atomic E-state index is 11.8. The SMILES string of the molecule is CN1CNN=C1COC(=O)CSc1nccc(-c2ccccn2)n1. The number of pyridine rings is 1. The zero-order valence-corrected chi connectivity index (χ0v) is 13.9. The summed E-state index contributed by atoms with van der Waals surface area (Å²) >= 11 is 1.23. The Balaban J connectivity index is 1.52. The number of likely N-dealkylation sites (N-methyl/N-ethyl adjacent to an activating group) is 1. The molecule has 0 spiro atoms. The van der Waals surface area contributed by atoms with Crippen LogP contribution in [0.5, 0.6) is 0 Å². The second kappa shape index (κ2) is 7.73. The van der Waals surface area contributed by atoms with Crippen LogP contribution in [-0.4, -0.2) is 57.7 Å². The van der Waals surface area contributed by atoms with Crippen LogP contribution in [0.25, 0.3) is 11.4 Å². The van der Waals surface area contributed by atoms with Crippen LogP contribution in [0, 0.1) is 0 Å². The van der Waals surface area contributed by atoms with Gasteiger partial charge in [-0.15, -0.1) is 0 Å². The van der Waals surface area contributed by atoms with E-state index in [4.69, 9.17) is 4.74 Å². The van der Waals surface area contributed by atoms with E-state index in [0.29, 0.717) is 17.7 Å². The zero-order chi connectivity index (χ0) is 16.8. The van der Waals surface area contributed by atoms with E-state index >= 15 is 0 Å². The summed E-state index contributed by atoms with van der Waals surface area (Å²) in [5.74, 6) is 0.493. The van der Waals surface area contributed by atoms with Gasteiger partial charge < -0.3 is 9.64 Å². The minimum absolute atomic E-state index is 0.135. The van der Waals surface area contributed by atoms with E-state index < -0.39 is 0 Å².